The monoisotopic (exact) mass is 461 g/mol. The third-order valence-corrected chi connectivity index (χ3v) is 7.27. The molecule has 1 atom stereocenters. The standard InChI is InChI=1S/C26H30F3NO3/c1-24(32,26(27,28)29)19-10-8-18(9-11-19)23(31)30(21-12-13-21)22-14-16-25(33-2,17-15-22)20-6-4-3-5-7-20/h3-11,21-22,32H,12-17H2,1-2H3/t22-,24-,25-/m0/s1. The molecule has 0 bridgehead atoms. The van der Waals surface area contributed by atoms with Gasteiger partial charge in [0.25, 0.3) is 5.91 Å². The van der Waals surface area contributed by atoms with Crippen LogP contribution in [0.1, 0.15) is 66.9 Å². The van der Waals surface area contributed by atoms with Gasteiger partial charge in [0.1, 0.15) is 0 Å². The maximum Gasteiger partial charge on any atom is 0.421 e. The van der Waals surface area contributed by atoms with Gasteiger partial charge in [0.05, 0.1) is 5.60 Å². The Bertz CT molecular complexity index is 961. The second-order valence-electron chi connectivity index (χ2n) is 9.39. The Hall–Kier alpha value is -2.38. The van der Waals surface area contributed by atoms with E-state index in [9.17, 15) is 23.1 Å². The minimum Gasteiger partial charge on any atom is -0.376 e. The molecule has 2 aliphatic carbocycles. The minimum absolute atomic E-state index is 0.0648. The van der Waals surface area contributed by atoms with Crippen molar-refractivity contribution in [2.75, 3.05) is 7.11 Å². The van der Waals surface area contributed by atoms with Crippen molar-refractivity contribution >= 4 is 5.91 Å². The maximum atomic E-state index is 13.4. The molecule has 0 aromatic heterocycles. The number of methoxy groups -OCH3 is 1. The van der Waals surface area contributed by atoms with E-state index in [0.29, 0.717) is 5.56 Å². The smallest absolute Gasteiger partial charge is 0.376 e. The normalized spacial score (nSPS) is 25.3. The summed E-state index contributed by atoms with van der Waals surface area (Å²) < 4.78 is 45.4. The molecule has 0 heterocycles. The van der Waals surface area contributed by atoms with Crippen molar-refractivity contribution in [2.24, 2.45) is 0 Å². The zero-order valence-electron chi connectivity index (χ0n) is 18.9. The molecular formula is C26H30F3NO3. The lowest BCUT2D eigenvalue weighted by Gasteiger charge is -2.43. The van der Waals surface area contributed by atoms with Gasteiger partial charge in [0, 0.05) is 24.8 Å². The molecule has 2 aliphatic rings. The number of nitrogens with zero attached hydrogens (tertiary/aromatic N) is 1. The van der Waals surface area contributed by atoms with Gasteiger partial charge in [-0.05, 0) is 68.7 Å². The van der Waals surface area contributed by atoms with Crippen LogP contribution in [0, 0.1) is 0 Å². The number of aliphatic hydroxyl groups is 1. The molecule has 1 amide bonds. The Labute approximate surface area is 192 Å². The highest BCUT2D eigenvalue weighted by Crippen LogP contribution is 2.44. The highest BCUT2D eigenvalue weighted by Gasteiger charge is 2.51. The van der Waals surface area contributed by atoms with Crippen LogP contribution in [0.3, 0.4) is 0 Å². The number of carbonyl (C=O) groups excluding carboxylic acids is 1. The summed E-state index contributed by atoms with van der Waals surface area (Å²) >= 11 is 0. The highest BCUT2D eigenvalue weighted by molar-refractivity contribution is 5.95. The van der Waals surface area contributed by atoms with Crippen LogP contribution >= 0.6 is 0 Å². The number of rotatable bonds is 6. The third kappa shape index (κ3) is 4.53. The van der Waals surface area contributed by atoms with Crippen molar-refractivity contribution in [3.8, 4) is 0 Å². The van der Waals surface area contributed by atoms with Crippen LogP contribution in [0.5, 0.6) is 0 Å². The second-order valence-corrected chi connectivity index (χ2v) is 9.39. The first-order chi connectivity index (χ1) is 15.6. The summed E-state index contributed by atoms with van der Waals surface area (Å²) in [6.07, 6.45) is 0.267. The molecular weight excluding hydrogens is 431 g/mol. The fraction of sp³-hybridized carbons (Fsp3) is 0.500. The molecule has 2 fully saturated rings. The van der Waals surface area contributed by atoms with Gasteiger partial charge in [-0.2, -0.15) is 13.2 Å². The highest BCUT2D eigenvalue weighted by atomic mass is 19.4. The van der Waals surface area contributed by atoms with E-state index in [1.165, 1.54) is 24.3 Å². The number of hydrogen-bond acceptors (Lipinski definition) is 3. The summed E-state index contributed by atoms with van der Waals surface area (Å²) in [7, 11) is 1.73. The summed E-state index contributed by atoms with van der Waals surface area (Å²) in [5.74, 6) is -0.162. The quantitative estimate of drug-likeness (QED) is 0.614. The van der Waals surface area contributed by atoms with Gasteiger partial charge in [0.15, 0.2) is 5.60 Å². The van der Waals surface area contributed by atoms with Crippen molar-refractivity contribution < 1.29 is 27.8 Å². The molecule has 2 aromatic rings. The number of alkyl halides is 3. The van der Waals surface area contributed by atoms with Gasteiger partial charge in [0.2, 0.25) is 0 Å². The van der Waals surface area contributed by atoms with E-state index in [-0.39, 0.29) is 29.2 Å². The van der Waals surface area contributed by atoms with Gasteiger partial charge in [-0.1, -0.05) is 42.5 Å². The molecule has 2 saturated carbocycles. The van der Waals surface area contributed by atoms with Crippen molar-refractivity contribution in [3.05, 3.63) is 71.3 Å². The molecule has 4 rings (SSSR count). The molecule has 0 unspecified atom stereocenters. The number of benzene rings is 2. The third-order valence-electron chi connectivity index (χ3n) is 7.27. The van der Waals surface area contributed by atoms with E-state index in [4.69, 9.17) is 4.74 Å². The van der Waals surface area contributed by atoms with Gasteiger partial charge < -0.3 is 14.7 Å². The summed E-state index contributed by atoms with van der Waals surface area (Å²) in [6.45, 7) is 0.719. The van der Waals surface area contributed by atoms with Crippen molar-refractivity contribution in [2.45, 2.75) is 74.9 Å². The SMILES string of the molecule is CO[C@]1(c2ccccc2)CC[C@@H](N(C(=O)c2ccc([C@](C)(O)C(F)(F)F)cc2)C2CC2)CC1. The van der Waals surface area contributed by atoms with E-state index in [1.807, 2.05) is 23.1 Å². The molecule has 0 radical (unpaired) electrons. The van der Waals surface area contributed by atoms with Crippen molar-refractivity contribution in [1.29, 1.82) is 0 Å². The predicted octanol–water partition coefficient (Wildman–Crippen LogP) is 5.55. The lowest BCUT2D eigenvalue weighted by Crippen LogP contribution is -2.47. The number of amides is 1. The summed E-state index contributed by atoms with van der Waals surface area (Å²) in [6, 6.07) is 15.5. The zero-order chi connectivity index (χ0) is 23.9. The first-order valence-corrected chi connectivity index (χ1v) is 11.4. The van der Waals surface area contributed by atoms with Crippen LogP contribution in [-0.4, -0.2) is 41.3 Å². The largest absolute Gasteiger partial charge is 0.421 e. The van der Waals surface area contributed by atoms with Crippen LogP contribution in [0.4, 0.5) is 13.2 Å². The second kappa shape index (κ2) is 8.76. The number of ether oxygens (including phenoxy) is 1. The average molecular weight is 462 g/mol. The predicted molar refractivity (Wildman–Crippen MR) is 119 cm³/mol. The zero-order valence-corrected chi connectivity index (χ0v) is 18.9. The molecule has 0 aliphatic heterocycles. The fourth-order valence-electron chi connectivity index (χ4n) is 4.93. The molecule has 4 nitrogen and oxygen atoms in total. The van der Waals surface area contributed by atoms with E-state index in [0.717, 1.165) is 51.0 Å². The molecule has 2 aromatic carbocycles. The van der Waals surface area contributed by atoms with E-state index in [2.05, 4.69) is 12.1 Å². The van der Waals surface area contributed by atoms with Crippen molar-refractivity contribution in [1.82, 2.24) is 4.90 Å². The van der Waals surface area contributed by atoms with Crippen LogP contribution < -0.4 is 0 Å². The average Bonchev–Trinajstić information content (AvgIpc) is 3.65. The Balaban J connectivity index is 1.50. The maximum absolute atomic E-state index is 13.4. The molecule has 7 heteroatoms. The Morgan fingerprint density at radius 3 is 2.00 bits per heavy atom. The molecule has 1 N–H and O–H groups in total. The van der Waals surface area contributed by atoms with Gasteiger partial charge in [-0.3, -0.25) is 4.79 Å². The molecule has 0 saturated heterocycles. The van der Waals surface area contributed by atoms with Gasteiger partial charge in [-0.25, -0.2) is 0 Å². The molecule has 33 heavy (non-hydrogen) atoms. The Morgan fingerprint density at radius 2 is 1.52 bits per heavy atom. The molecule has 178 valence electrons. The fourth-order valence-corrected chi connectivity index (χ4v) is 4.93. The summed E-state index contributed by atoms with van der Waals surface area (Å²) in [5.41, 5.74) is -2.12. The summed E-state index contributed by atoms with van der Waals surface area (Å²) in [5, 5.41) is 9.90. The van der Waals surface area contributed by atoms with E-state index < -0.39 is 11.8 Å². The first-order valence-electron chi connectivity index (χ1n) is 11.4. The number of hydrogen-bond donors (Lipinski definition) is 1. The first kappa shape index (κ1) is 23.8. The summed E-state index contributed by atoms with van der Waals surface area (Å²) in [4.78, 5) is 15.3. The van der Waals surface area contributed by atoms with Crippen LogP contribution in [0.15, 0.2) is 54.6 Å². The topological polar surface area (TPSA) is 49.8 Å². The Kier molecular flexibility index (Phi) is 6.31. The molecule has 0 spiro atoms. The van der Waals surface area contributed by atoms with Crippen LogP contribution in [0.2, 0.25) is 0 Å². The number of carbonyl (C=O) groups is 1. The van der Waals surface area contributed by atoms with Gasteiger partial charge in [-0.15, -0.1) is 0 Å². The van der Waals surface area contributed by atoms with Crippen LogP contribution in [-0.2, 0) is 15.9 Å². The van der Waals surface area contributed by atoms with E-state index in [1.54, 1.807) is 7.11 Å². The minimum atomic E-state index is -4.80. The lowest BCUT2D eigenvalue weighted by molar-refractivity contribution is -0.258. The lowest BCUT2D eigenvalue weighted by atomic mass is 9.77. The van der Waals surface area contributed by atoms with Gasteiger partial charge >= 0.3 is 6.18 Å². The Morgan fingerprint density at radius 1 is 0.970 bits per heavy atom. The van der Waals surface area contributed by atoms with Crippen LogP contribution in [0.25, 0.3) is 0 Å². The van der Waals surface area contributed by atoms with E-state index >= 15 is 0 Å². The van der Waals surface area contributed by atoms with Crippen molar-refractivity contribution in [3.63, 3.8) is 0 Å². The number of halogens is 3.